The Balaban J connectivity index is 3.28. The highest BCUT2D eigenvalue weighted by molar-refractivity contribution is 5.35. The van der Waals surface area contributed by atoms with Crippen LogP contribution in [0.15, 0.2) is 6.07 Å². The summed E-state index contributed by atoms with van der Waals surface area (Å²) in [7, 11) is 0. The summed E-state index contributed by atoms with van der Waals surface area (Å²) in [6.45, 7) is 1.05. The Labute approximate surface area is 78.9 Å². The molecule has 0 saturated heterocycles. The summed E-state index contributed by atoms with van der Waals surface area (Å²) in [6.07, 6.45) is 0. The molecule has 0 aliphatic rings. The van der Waals surface area contributed by atoms with E-state index in [9.17, 15) is 13.2 Å². The van der Waals surface area contributed by atoms with Crippen LogP contribution >= 0.6 is 0 Å². The zero-order valence-electron chi connectivity index (χ0n) is 7.48. The monoisotopic (exact) mass is 206 g/mol. The van der Waals surface area contributed by atoms with Crippen molar-refractivity contribution in [2.75, 3.05) is 6.61 Å². The molecule has 1 aromatic carbocycles. The van der Waals surface area contributed by atoms with Crippen LogP contribution in [0.4, 0.5) is 13.2 Å². The summed E-state index contributed by atoms with van der Waals surface area (Å²) >= 11 is 0. The van der Waals surface area contributed by atoms with E-state index >= 15 is 0 Å². The minimum Gasteiger partial charge on any atom is -0.493 e. The van der Waals surface area contributed by atoms with E-state index in [2.05, 4.69) is 0 Å². The van der Waals surface area contributed by atoms with E-state index in [1.165, 1.54) is 0 Å². The molecule has 78 valence electrons. The maximum absolute atomic E-state index is 13.0. The molecule has 0 fully saturated rings. The number of ether oxygens (including phenoxy) is 1. The normalized spacial score (nSPS) is 10.4. The predicted octanol–water partition coefficient (Wildman–Crippen LogP) is 1.99. The van der Waals surface area contributed by atoms with Crippen molar-refractivity contribution in [1.29, 1.82) is 0 Å². The highest BCUT2D eigenvalue weighted by atomic mass is 19.2. The second kappa shape index (κ2) is 4.32. The molecule has 0 saturated carbocycles. The molecular formula is C9H9F3O2. The number of benzene rings is 1. The lowest BCUT2D eigenvalue weighted by Crippen LogP contribution is -2.04. The van der Waals surface area contributed by atoms with Gasteiger partial charge in [0, 0.05) is 6.07 Å². The summed E-state index contributed by atoms with van der Waals surface area (Å²) in [5.74, 6) is -4.51. The molecule has 1 N–H and O–H groups in total. The van der Waals surface area contributed by atoms with Gasteiger partial charge in [-0.05, 0) is 6.92 Å². The number of halogens is 3. The molecule has 14 heavy (non-hydrogen) atoms. The first-order valence-electron chi connectivity index (χ1n) is 4.01. The van der Waals surface area contributed by atoms with Crippen molar-refractivity contribution in [1.82, 2.24) is 0 Å². The third-order valence-corrected chi connectivity index (χ3v) is 1.68. The van der Waals surface area contributed by atoms with Crippen LogP contribution in [0.5, 0.6) is 5.75 Å². The van der Waals surface area contributed by atoms with Gasteiger partial charge in [-0.3, -0.25) is 0 Å². The molecule has 0 aromatic heterocycles. The van der Waals surface area contributed by atoms with Crippen molar-refractivity contribution in [2.24, 2.45) is 0 Å². The van der Waals surface area contributed by atoms with Crippen LogP contribution in [0, 0.1) is 17.5 Å². The number of rotatable bonds is 3. The van der Waals surface area contributed by atoms with Crippen LogP contribution in [0.25, 0.3) is 0 Å². The quantitative estimate of drug-likeness (QED) is 0.766. The Kier molecular flexibility index (Phi) is 3.35. The van der Waals surface area contributed by atoms with Gasteiger partial charge in [0.05, 0.1) is 18.8 Å². The SMILES string of the molecule is CCOc1cc(F)c(F)c(F)c1CO. The fourth-order valence-corrected chi connectivity index (χ4v) is 1.04. The molecule has 0 atom stereocenters. The fraction of sp³-hybridized carbons (Fsp3) is 0.333. The average molecular weight is 206 g/mol. The van der Waals surface area contributed by atoms with Crippen molar-refractivity contribution in [3.05, 3.63) is 29.1 Å². The number of aliphatic hydroxyl groups excluding tert-OH is 1. The summed E-state index contributed by atoms with van der Waals surface area (Å²) in [6, 6.07) is 0.716. The van der Waals surface area contributed by atoms with E-state index in [0.717, 1.165) is 0 Å². The maximum atomic E-state index is 13.0. The van der Waals surface area contributed by atoms with E-state index in [1.807, 2.05) is 0 Å². The van der Waals surface area contributed by atoms with Gasteiger partial charge in [-0.1, -0.05) is 0 Å². The Hall–Kier alpha value is -1.23. The molecule has 1 aromatic rings. The second-order valence-electron chi connectivity index (χ2n) is 2.55. The van der Waals surface area contributed by atoms with Crippen molar-refractivity contribution in [3.63, 3.8) is 0 Å². The molecule has 0 amide bonds. The van der Waals surface area contributed by atoms with Crippen molar-refractivity contribution >= 4 is 0 Å². The fourth-order valence-electron chi connectivity index (χ4n) is 1.04. The summed E-state index contributed by atoms with van der Waals surface area (Å²) in [4.78, 5) is 0. The molecule has 0 bridgehead atoms. The molecule has 0 heterocycles. The molecule has 0 unspecified atom stereocenters. The minimum atomic E-state index is -1.60. The van der Waals surface area contributed by atoms with Crippen LogP contribution in [-0.4, -0.2) is 11.7 Å². The zero-order chi connectivity index (χ0) is 10.7. The van der Waals surface area contributed by atoms with Gasteiger partial charge in [-0.25, -0.2) is 13.2 Å². The summed E-state index contributed by atoms with van der Waals surface area (Å²) in [5.41, 5.74) is -0.370. The minimum absolute atomic E-state index is 0.175. The third-order valence-electron chi connectivity index (χ3n) is 1.68. The van der Waals surface area contributed by atoms with Gasteiger partial charge >= 0.3 is 0 Å². The van der Waals surface area contributed by atoms with Crippen LogP contribution < -0.4 is 4.74 Å². The molecule has 2 nitrogen and oxygen atoms in total. The highest BCUT2D eigenvalue weighted by Gasteiger charge is 2.18. The van der Waals surface area contributed by atoms with Crippen LogP contribution in [0.1, 0.15) is 12.5 Å². The standard InChI is InChI=1S/C9H9F3O2/c1-2-14-7-3-6(10)9(12)8(11)5(7)4-13/h3,13H,2,4H2,1H3. The van der Waals surface area contributed by atoms with E-state index in [1.54, 1.807) is 6.92 Å². The van der Waals surface area contributed by atoms with Gasteiger partial charge in [0.15, 0.2) is 17.5 Å². The first-order valence-corrected chi connectivity index (χ1v) is 4.01. The molecule has 1 rings (SSSR count). The molecule has 5 heteroatoms. The highest BCUT2D eigenvalue weighted by Crippen LogP contribution is 2.26. The summed E-state index contributed by atoms with van der Waals surface area (Å²) in [5, 5.41) is 8.73. The van der Waals surface area contributed by atoms with Crippen LogP contribution in [0.3, 0.4) is 0 Å². The Morgan fingerprint density at radius 3 is 2.43 bits per heavy atom. The average Bonchev–Trinajstić information content (AvgIpc) is 2.16. The topological polar surface area (TPSA) is 29.5 Å². The van der Waals surface area contributed by atoms with Gasteiger partial charge < -0.3 is 9.84 Å². The van der Waals surface area contributed by atoms with Crippen molar-refractivity contribution in [3.8, 4) is 5.75 Å². The number of hydrogen-bond donors (Lipinski definition) is 1. The van der Waals surface area contributed by atoms with Gasteiger partial charge in [-0.2, -0.15) is 0 Å². The third kappa shape index (κ3) is 1.82. The van der Waals surface area contributed by atoms with E-state index in [4.69, 9.17) is 9.84 Å². The maximum Gasteiger partial charge on any atom is 0.195 e. The lowest BCUT2D eigenvalue weighted by atomic mass is 10.2. The summed E-state index contributed by atoms with van der Waals surface area (Å²) < 4.78 is 43.2. The van der Waals surface area contributed by atoms with Gasteiger partial charge in [0.2, 0.25) is 0 Å². The number of aliphatic hydroxyl groups is 1. The van der Waals surface area contributed by atoms with Gasteiger partial charge in [-0.15, -0.1) is 0 Å². The Morgan fingerprint density at radius 2 is 1.93 bits per heavy atom. The van der Waals surface area contributed by atoms with Gasteiger partial charge in [0.1, 0.15) is 5.75 Å². The van der Waals surface area contributed by atoms with Gasteiger partial charge in [0.25, 0.3) is 0 Å². The largest absolute Gasteiger partial charge is 0.493 e. The molecule has 0 radical (unpaired) electrons. The van der Waals surface area contributed by atoms with Crippen molar-refractivity contribution in [2.45, 2.75) is 13.5 Å². The number of hydrogen-bond acceptors (Lipinski definition) is 2. The van der Waals surface area contributed by atoms with E-state index in [0.29, 0.717) is 6.07 Å². The van der Waals surface area contributed by atoms with E-state index in [-0.39, 0.29) is 17.9 Å². The van der Waals surface area contributed by atoms with E-state index < -0.39 is 24.1 Å². The lowest BCUT2D eigenvalue weighted by Gasteiger charge is -2.09. The lowest BCUT2D eigenvalue weighted by molar-refractivity contribution is 0.255. The molecule has 0 aliphatic carbocycles. The smallest absolute Gasteiger partial charge is 0.195 e. The second-order valence-corrected chi connectivity index (χ2v) is 2.55. The molecular weight excluding hydrogens is 197 g/mol. The molecule has 0 spiro atoms. The Bertz CT molecular complexity index is 339. The van der Waals surface area contributed by atoms with Crippen molar-refractivity contribution < 1.29 is 23.0 Å². The predicted molar refractivity (Wildman–Crippen MR) is 43.4 cm³/mol. The Morgan fingerprint density at radius 1 is 1.29 bits per heavy atom. The first kappa shape index (κ1) is 10.8. The van der Waals surface area contributed by atoms with Crippen LogP contribution in [0.2, 0.25) is 0 Å². The zero-order valence-corrected chi connectivity index (χ0v) is 7.48. The van der Waals surface area contributed by atoms with Crippen LogP contribution in [-0.2, 0) is 6.61 Å². The molecule has 0 aliphatic heterocycles. The first-order chi connectivity index (χ1) is 6.61.